The lowest BCUT2D eigenvalue weighted by atomic mass is 10.1. The van der Waals surface area contributed by atoms with E-state index in [2.05, 4.69) is 15.4 Å². The van der Waals surface area contributed by atoms with E-state index in [1.807, 2.05) is 0 Å². The molecule has 0 spiro atoms. The fourth-order valence-corrected chi connectivity index (χ4v) is 1.36. The number of nitrogens with one attached hydrogen (secondary N) is 1. The summed E-state index contributed by atoms with van der Waals surface area (Å²) in [6, 6.07) is 7.42. The standard InChI is InChI=1S/C11H10F2N4/c12-10(13)7-1-3-8(4-2-7)11-15-6-5-9(16-11)17-14/h1-6,10H,14H2,(H,15,16,17). The maximum absolute atomic E-state index is 12.4. The lowest BCUT2D eigenvalue weighted by Gasteiger charge is -2.04. The van der Waals surface area contributed by atoms with Gasteiger partial charge in [-0.15, -0.1) is 0 Å². The molecule has 1 aromatic heterocycles. The Morgan fingerprint density at radius 2 is 1.82 bits per heavy atom. The molecule has 1 heterocycles. The molecule has 0 atom stereocenters. The van der Waals surface area contributed by atoms with Crippen LogP contribution >= 0.6 is 0 Å². The first-order valence-electron chi connectivity index (χ1n) is 4.89. The zero-order valence-corrected chi connectivity index (χ0v) is 8.77. The summed E-state index contributed by atoms with van der Waals surface area (Å²) < 4.78 is 24.7. The van der Waals surface area contributed by atoms with E-state index in [-0.39, 0.29) is 5.56 Å². The molecular weight excluding hydrogens is 226 g/mol. The second kappa shape index (κ2) is 4.84. The van der Waals surface area contributed by atoms with Crippen molar-refractivity contribution in [3.8, 4) is 11.4 Å². The van der Waals surface area contributed by atoms with E-state index in [1.54, 1.807) is 24.4 Å². The van der Waals surface area contributed by atoms with Gasteiger partial charge in [0.2, 0.25) is 0 Å². The van der Waals surface area contributed by atoms with Gasteiger partial charge in [0.05, 0.1) is 0 Å². The summed E-state index contributed by atoms with van der Waals surface area (Å²) in [5.41, 5.74) is 3.03. The second-order valence-electron chi connectivity index (χ2n) is 3.33. The Morgan fingerprint density at radius 1 is 1.12 bits per heavy atom. The minimum atomic E-state index is -2.47. The predicted octanol–water partition coefficient (Wildman–Crippen LogP) is 2.37. The van der Waals surface area contributed by atoms with Crippen molar-refractivity contribution < 1.29 is 8.78 Å². The highest BCUT2D eigenvalue weighted by Gasteiger charge is 2.07. The van der Waals surface area contributed by atoms with E-state index in [4.69, 9.17) is 5.84 Å². The van der Waals surface area contributed by atoms with Crippen LogP contribution in [0.3, 0.4) is 0 Å². The number of benzene rings is 1. The highest BCUT2D eigenvalue weighted by molar-refractivity contribution is 5.57. The van der Waals surface area contributed by atoms with Crippen LogP contribution in [0.5, 0.6) is 0 Å². The van der Waals surface area contributed by atoms with Crippen molar-refractivity contribution in [3.05, 3.63) is 42.1 Å². The minimum Gasteiger partial charge on any atom is -0.308 e. The molecule has 2 rings (SSSR count). The van der Waals surface area contributed by atoms with Gasteiger partial charge in [-0.2, -0.15) is 0 Å². The van der Waals surface area contributed by atoms with Crippen molar-refractivity contribution in [1.82, 2.24) is 9.97 Å². The summed E-state index contributed by atoms with van der Waals surface area (Å²) in [4.78, 5) is 8.14. The van der Waals surface area contributed by atoms with Crippen LogP contribution in [0.25, 0.3) is 11.4 Å². The molecule has 0 aliphatic carbocycles. The lowest BCUT2D eigenvalue weighted by molar-refractivity contribution is 0.151. The Kier molecular flexibility index (Phi) is 3.24. The van der Waals surface area contributed by atoms with Gasteiger partial charge in [-0.05, 0) is 0 Å². The van der Waals surface area contributed by atoms with Crippen LogP contribution in [0, 0.1) is 0 Å². The topological polar surface area (TPSA) is 63.8 Å². The van der Waals surface area contributed by atoms with Crippen LogP contribution in [-0.2, 0) is 0 Å². The molecule has 3 N–H and O–H groups in total. The van der Waals surface area contributed by atoms with E-state index in [1.165, 1.54) is 12.1 Å². The molecule has 17 heavy (non-hydrogen) atoms. The number of nitrogens with two attached hydrogens (primary N) is 1. The largest absolute Gasteiger partial charge is 0.308 e. The molecule has 0 amide bonds. The van der Waals surface area contributed by atoms with Gasteiger partial charge in [0, 0.05) is 23.4 Å². The Bertz CT molecular complexity index is 499. The smallest absolute Gasteiger partial charge is 0.263 e. The van der Waals surface area contributed by atoms with Gasteiger partial charge in [-0.25, -0.2) is 24.6 Å². The summed E-state index contributed by atoms with van der Waals surface area (Å²) in [6.07, 6.45) is -0.930. The third kappa shape index (κ3) is 2.54. The number of aromatic nitrogens is 2. The lowest BCUT2D eigenvalue weighted by Crippen LogP contribution is -2.09. The molecule has 0 unspecified atom stereocenters. The van der Waals surface area contributed by atoms with Crippen LogP contribution in [-0.4, -0.2) is 9.97 Å². The Morgan fingerprint density at radius 3 is 2.41 bits per heavy atom. The molecule has 1 aromatic carbocycles. The van der Waals surface area contributed by atoms with Crippen LogP contribution in [0.4, 0.5) is 14.6 Å². The molecule has 6 heteroatoms. The van der Waals surface area contributed by atoms with E-state index in [9.17, 15) is 8.78 Å². The molecule has 0 aliphatic rings. The molecule has 0 radical (unpaired) electrons. The number of nitrogens with zero attached hydrogens (tertiary/aromatic N) is 2. The first-order valence-corrected chi connectivity index (χ1v) is 4.89. The third-order valence-electron chi connectivity index (χ3n) is 2.22. The fraction of sp³-hybridized carbons (Fsp3) is 0.0909. The van der Waals surface area contributed by atoms with Gasteiger partial charge >= 0.3 is 0 Å². The molecule has 2 aromatic rings. The van der Waals surface area contributed by atoms with E-state index in [0.717, 1.165) is 0 Å². The van der Waals surface area contributed by atoms with Gasteiger partial charge in [0.25, 0.3) is 6.43 Å². The van der Waals surface area contributed by atoms with Crippen molar-refractivity contribution in [2.45, 2.75) is 6.43 Å². The average molecular weight is 236 g/mol. The Balaban J connectivity index is 2.32. The van der Waals surface area contributed by atoms with Gasteiger partial charge in [-0.3, -0.25) is 0 Å². The van der Waals surface area contributed by atoms with Crippen LogP contribution in [0.1, 0.15) is 12.0 Å². The van der Waals surface area contributed by atoms with Gasteiger partial charge in [0.1, 0.15) is 5.82 Å². The highest BCUT2D eigenvalue weighted by atomic mass is 19.3. The average Bonchev–Trinajstić information content (AvgIpc) is 2.39. The monoisotopic (exact) mass is 236 g/mol. The van der Waals surface area contributed by atoms with Crippen molar-refractivity contribution in [3.63, 3.8) is 0 Å². The molecule has 0 fully saturated rings. The summed E-state index contributed by atoms with van der Waals surface area (Å²) >= 11 is 0. The van der Waals surface area contributed by atoms with Gasteiger partial charge < -0.3 is 5.43 Å². The van der Waals surface area contributed by atoms with Crippen molar-refractivity contribution in [2.24, 2.45) is 5.84 Å². The SMILES string of the molecule is NNc1ccnc(-c2ccc(C(F)F)cc2)n1. The maximum Gasteiger partial charge on any atom is 0.263 e. The van der Waals surface area contributed by atoms with E-state index >= 15 is 0 Å². The number of halogens is 2. The number of hydrogen-bond acceptors (Lipinski definition) is 4. The van der Waals surface area contributed by atoms with Crippen molar-refractivity contribution in [2.75, 3.05) is 5.43 Å². The molecule has 88 valence electrons. The van der Waals surface area contributed by atoms with Gasteiger partial charge in [-0.1, -0.05) is 24.3 Å². The summed E-state index contributed by atoms with van der Waals surface area (Å²) in [5, 5.41) is 0. The molecule has 0 saturated carbocycles. The van der Waals surface area contributed by atoms with E-state index in [0.29, 0.717) is 17.2 Å². The number of anilines is 1. The van der Waals surface area contributed by atoms with Crippen molar-refractivity contribution >= 4 is 5.82 Å². The zero-order chi connectivity index (χ0) is 12.3. The highest BCUT2D eigenvalue weighted by Crippen LogP contribution is 2.22. The van der Waals surface area contributed by atoms with Crippen LogP contribution in [0.15, 0.2) is 36.5 Å². The predicted molar refractivity (Wildman–Crippen MR) is 60.2 cm³/mol. The molecule has 0 bridgehead atoms. The maximum atomic E-state index is 12.4. The number of nitrogen functional groups attached to an aromatic ring is 1. The number of hydrazine groups is 1. The zero-order valence-electron chi connectivity index (χ0n) is 8.77. The van der Waals surface area contributed by atoms with Crippen LogP contribution in [0.2, 0.25) is 0 Å². The van der Waals surface area contributed by atoms with Gasteiger partial charge in [0.15, 0.2) is 5.82 Å². The normalized spacial score (nSPS) is 10.6. The molecule has 4 nitrogen and oxygen atoms in total. The first-order chi connectivity index (χ1) is 8.20. The van der Waals surface area contributed by atoms with Crippen LogP contribution < -0.4 is 11.3 Å². The number of rotatable bonds is 3. The second-order valence-corrected chi connectivity index (χ2v) is 3.33. The Labute approximate surface area is 96.5 Å². The van der Waals surface area contributed by atoms with E-state index < -0.39 is 6.43 Å². The first kappa shape index (κ1) is 11.4. The summed E-state index contributed by atoms with van der Waals surface area (Å²) in [5.74, 6) is 6.12. The number of hydrogen-bond donors (Lipinski definition) is 2. The molecule has 0 aliphatic heterocycles. The fourth-order valence-electron chi connectivity index (χ4n) is 1.36. The number of alkyl halides is 2. The van der Waals surface area contributed by atoms with Crippen molar-refractivity contribution in [1.29, 1.82) is 0 Å². The summed E-state index contributed by atoms with van der Waals surface area (Å²) in [6.45, 7) is 0. The quantitative estimate of drug-likeness (QED) is 0.634. The summed E-state index contributed by atoms with van der Waals surface area (Å²) in [7, 11) is 0. The minimum absolute atomic E-state index is 0.0261. The Hall–Kier alpha value is -2.08. The molecule has 0 saturated heterocycles. The third-order valence-corrected chi connectivity index (χ3v) is 2.22. The molecular formula is C11H10F2N4.